The van der Waals surface area contributed by atoms with Gasteiger partial charge in [0.25, 0.3) is 0 Å². The number of hydrogen-bond donors (Lipinski definition) is 0. The average molecular weight is 614 g/mol. The molecule has 0 unspecified atom stereocenters. The Hall–Kier alpha value is -6.45. The van der Waals surface area contributed by atoms with Crippen molar-refractivity contribution in [2.24, 2.45) is 0 Å². The predicted octanol–water partition coefficient (Wildman–Crippen LogP) is 11.5. The zero-order valence-corrected chi connectivity index (χ0v) is 26.2. The normalized spacial score (nSPS) is 10.9. The van der Waals surface area contributed by atoms with E-state index in [2.05, 4.69) is 156 Å². The molecule has 0 fully saturated rings. The third kappa shape index (κ3) is 6.18. The minimum atomic E-state index is 0.643. The fourth-order valence-corrected chi connectivity index (χ4v) is 6.15. The molecule has 0 saturated heterocycles. The molecule has 1 aromatic heterocycles. The summed E-state index contributed by atoms with van der Waals surface area (Å²) in [6.07, 6.45) is 1.60. The second kappa shape index (κ2) is 13.1. The minimum absolute atomic E-state index is 0.643. The number of hydrogen-bond acceptors (Lipinski definition) is 3. The molecule has 3 nitrogen and oxygen atoms in total. The Morgan fingerprint density at radius 3 is 1.00 bits per heavy atom. The number of rotatable bonds is 7. The molecule has 0 aliphatic heterocycles. The summed E-state index contributed by atoms with van der Waals surface area (Å²) >= 11 is 0. The van der Waals surface area contributed by atoms with Crippen molar-refractivity contribution in [2.75, 3.05) is 0 Å². The first-order valence-electron chi connectivity index (χ1n) is 16.1. The fourth-order valence-electron chi connectivity index (χ4n) is 6.15. The van der Waals surface area contributed by atoms with Gasteiger partial charge in [-0.05, 0) is 92.0 Å². The van der Waals surface area contributed by atoms with E-state index in [1.54, 1.807) is 6.33 Å². The maximum Gasteiger partial charge on any atom is 0.163 e. The highest BCUT2D eigenvalue weighted by Crippen LogP contribution is 2.35. The first kappa shape index (κ1) is 29.0. The predicted molar refractivity (Wildman–Crippen MR) is 198 cm³/mol. The maximum absolute atomic E-state index is 4.89. The molecule has 0 saturated carbocycles. The van der Waals surface area contributed by atoms with Gasteiger partial charge < -0.3 is 0 Å². The molecule has 0 N–H and O–H groups in total. The molecule has 0 atom stereocenters. The van der Waals surface area contributed by atoms with Crippen molar-refractivity contribution in [3.05, 3.63) is 188 Å². The number of benzene rings is 7. The molecule has 8 rings (SSSR count). The summed E-state index contributed by atoms with van der Waals surface area (Å²) in [5.74, 6) is 1.30. The smallest absolute Gasteiger partial charge is 0.163 e. The Morgan fingerprint density at radius 2 is 0.521 bits per heavy atom. The van der Waals surface area contributed by atoms with Crippen LogP contribution >= 0.6 is 0 Å². The zero-order chi connectivity index (χ0) is 32.1. The van der Waals surface area contributed by atoms with Crippen LogP contribution < -0.4 is 0 Å². The van der Waals surface area contributed by atoms with Gasteiger partial charge in [0.15, 0.2) is 11.6 Å². The second-order valence-corrected chi connectivity index (χ2v) is 11.8. The molecule has 1 heterocycles. The van der Waals surface area contributed by atoms with E-state index < -0.39 is 0 Å². The van der Waals surface area contributed by atoms with E-state index >= 15 is 0 Å². The van der Waals surface area contributed by atoms with Gasteiger partial charge in [0.1, 0.15) is 6.33 Å². The lowest BCUT2D eigenvalue weighted by Crippen LogP contribution is -1.96. The van der Waals surface area contributed by atoms with E-state index in [9.17, 15) is 0 Å². The van der Waals surface area contributed by atoms with Gasteiger partial charge >= 0.3 is 0 Å². The van der Waals surface area contributed by atoms with Gasteiger partial charge in [0.05, 0.1) is 0 Å². The van der Waals surface area contributed by atoms with Crippen molar-refractivity contribution in [1.82, 2.24) is 15.0 Å². The van der Waals surface area contributed by atoms with Gasteiger partial charge in [-0.25, -0.2) is 15.0 Å². The summed E-state index contributed by atoms with van der Waals surface area (Å²) in [6, 6.07) is 64.0. The van der Waals surface area contributed by atoms with Crippen LogP contribution in [0.2, 0.25) is 0 Å². The minimum Gasteiger partial charge on any atom is -0.217 e. The Morgan fingerprint density at radius 1 is 0.229 bits per heavy atom. The largest absolute Gasteiger partial charge is 0.217 e. The molecular weight excluding hydrogens is 583 g/mol. The van der Waals surface area contributed by atoms with E-state index in [1.165, 1.54) is 27.8 Å². The first-order valence-corrected chi connectivity index (χ1v) is 16.1. The fraction of sp³-hybridized carbons (Fsp3) is 0. The van der Waals surface area contributed by atoms with Crippen LogP contribution in [-0.4, -0.2) is 15.0 Å². The Kier molecular flexibility index (Phi) is 7.92. The molecule has 0 spiro atoms. The third-order valence-corrected chi connectivity index (χ3v) is 8.60. The highest BCUT2D eigenvalue weighted by atomic mass is 15.0. The zero-order valence-electron chi connectivity index (χ0n) is 26.2. The summed E-state index contributed by atoms with van der Waals surface area (Å²) in [6.45, 7) is 0. The van der Waals surface area contributed by atoms with Crippen molar-refractivity contribution in [2.45, 2.75) is 0 Å². The highest BCUT2D eigenvalue weighted by Gasteiger charge is 2.12. The number of nitrogens with zero attached hydrogens (tertiary/aromatic N) is 3. The van der Waals surface area contributed by atoms with E-state index in [0.29, 0.717) is 11.6 Å². The Labute approximate surface area is 280 Å². The summed E-state index contributed by atoms with van der Waals surface area (Å²) < 4.78 is 0. The third-order valence-electron chi connectivity index (χ3n) is 8.60. The molecule has 7 aromatic carbocycles. The van der Waals surface area contributed by atoms with Crippen LogP contribution in [0.1, 0.15) is 0 Å². The maximum atomic E-state index is 4.89. The van der Waals surface area contributed by atoms with Crippen LogP contribution in [0.3, 0.4) is 0 Å². The summed E-state index contributed by atoms with van der Waals surface area (Å²) in [5, 5.41) is 0. The molecular formula is C45H31N3. The van der Waals surface area contributed by atoms with E-state index in [0.717, 1.165) is 38.9 Å². The molecule has 48 heavy (non-hydrogen) atoms. The van der Waals surface area contributed by atoms with E-state index in [1.807, 2.05) is 36.4 Å². The number of aromatic nitrogens is 3. The molecule has 0 bridgehead atoms. The summed E-state index contributed by atoms with van der Waals surface area (Å²) in [4.78, 5) is 14.0. The van der Waals surface area contributed by atoms with Gasteiger partial charge in [-0.3, -0.25) is 0 Å². The summed E-state index contributed by atoms with van der Waals surface area (Å²) in [7, 11) is 0. The van der Waals surface area contributed by atoms with Crippen LogP contribution in [0.15, 0.2) is 188 Å². The lowest BCUT2D eigenvalue weighted by atomic mass is 9.93. The molecule has 0 aliphatic carbocycles. The standard InChI is InChI=1S/C45H31N3/c1-4-13-32(14-5-1)35-19-10-20-36(25-35)37-21-11-22-38(26-37)39-23-12-24-40(27-39)42-28-41(33-15-6-2-7-16-33)29-43(30-42)45-47-31-46-44(48-45)34-17-8-3-9-18-34/h1-31H. The molecule has 8 aromatic rings. The van der Waals surface area contributed by atoms with Crippen LogP contribution in [0.4, 0.5) is 0 Å². The van der Waals surface area contributed by atoms with Crippen LogP contribution in [0, 0.1) is 0 Å². The van der Waals surface area contributed by atoms with Crippen molar-refractivity contribution >= 4 is 0 Å². The van der Waals surface area contributed by atoms with Crippen LogP contribution in [0.25, 0.3) is 78.4 Å². The molecule has 0 amide bonds. The Bertz CT molecular complexity index is 2330. The second-order valence-electron chi connectivity index (χ2n) is 11.8. The van der Waals surface area contributed by atoms with E-state index in [-0.39, 0.29) is 0 Å². The van der Waals surface area contributed by atoms with Gasteiger partial charge in [0.2, 0.25) is 0 Å². The van der Waals surface area contributed by atoms with Crippen molar-refractivity contribution < 1.29 is 0 Å². The molecule has 0 aliphatic rings. The van der Waals surface area contributed by atoms with Gasteiger partial charge in [0, 0.05) is 11.1 Å². The van der Waals surface area contributed by atoms with Gasteiger partial charge in [-0.1, -0.05) is 146 Å². The SMILES string of the molecule is c1ccc(-c2cccc(-c3cccc(-c4cccc(-c5cc(-c6ccccc6)cc(-c6ncnc(-c7ccccc7)n6)c5)c4)c3)c2)cc1. The van der Waals surface area contributed by atoms with Crippen molar-refractivity contribution in [3.63, 3.8) is 0 Å². The lowest BCUT2D eigenvalue weighted by Gasteiger charge is -2.13. The topological polar surface area (TPSA) is 38.7 Å². The Balaban J connectivity index is 1.18. The van der Waals surface area contributed by atoms with Gasteiger partial charge in [-0.15, -0.1) is 0 Å². The highest BCUT2D eigenvalue weighted by molar-refractivity contribution is 5.83. The van der Waals surface area contributed by atoms with Gasteiger partial charge in [-0.2, -0.15) is 0 Å². The van der Waals surface area contributed by atoms with Crippen LogP contribution in [0.5, 0.6) is 0 Å². The first-order chi connectivity index (χ1) is 23.8. The lowest BCUT2D eigenvalue weighted by molar-refractivity contribution is 1.07. The molecule has 3 heteroatoms. The molecule has 226 valence electrons. The summed E-state index contributed by atoms with van der Waals surface area (Å²) in [5.41, 5.74) is 13.5. The van der Waals surface area contributed by atoms with E-state index in [4.69, 9.17) is 4.98 Å². The average Bonchev–Trinajstić information content (AvgIpc) is 3.19. The van der Waals surface area contributed by atoms with Crippen LogP contribution in [-0.2, 0) is 0 Å². The quantitative estimate of drug-likeness (QED) is 0.179. The van der Waals surface area contributed by atoms with Crippen molar-refractivity contribution in [3.8, 4) is 78.4 Å². The van der Waals surface area contributed by atoms with Crippen molar-refractivity contribution in [1.29, 1.82) is 0 Å². The molecule has 0 radical (unpaired) electrons. The monoisotopic (exact) mass is 613 g/mol.